The lowest BCUT2D eigenvalue weighted by Gasteiger charge is -2.13. The van der Waals surface area contributed by atoms with E-state index in [0.717, 1.165) is 24.3 Å². The smallest absolute Gasteiger partial charge is 0.129 e. The number of hydrogen-bond donors (Lipinski definition) is 0. The zero-order valence-electron chi connectivity index (χ0n) is 10.6. The Bertz CT molecular complexity index is 640. The highest BCUT2D eigenvalue weighted by Gasteiger charge is 2.18. The number of alkyl halides is 1. The molecule has 106 valence electrons. The fourth-order valence-corrected chi connectivity index (χ4v) is 2.23. The van der Waals surface area contributed by atoms with Gasteiger partial charge in [-0.05, 0) is 42.7 Å². The van der Waals surface area contributed by atoms with Crippen LogP contribution in [-0.2, 0) is 6.42 Å². The van der Waals surface area contributed by atoms with E-state index < -0.39 is 28.6 Å². The van der Waals surface area contributed by atoms with Crippen molar-refractivity contribution in [2.75, 3.05) is 0 Å². The van der Waals surface area contributed by atoms with E-state index in [1.54, 1.807) is 0 Å². The van der Waals surface area contributed by atoms with Crippen LogP contribution < -0.4 is 0 Å². The van der Waals surface area contributed by atoms with Crippen molar-refractivity contribution < 1.29 is 17.6 Å². The van der Waals surface area contributed by atoms with Crippen molar-refractivity contribution >= 4 is 11.6 Å². The van der Waals surface area contributed by atoms with Crippen molar-refractivity contribution in [1.82, 2.24) is 0 Å². The van der Waals surface area contributed by atoms with Crippen LogP contribution in [0.2, 0.25) is 0 Å². The molecule has 0 saturated carbocycles. The largest absolute Gasteiger partial charge is 0.207 e. The molecule has 20 heavy (non-hydrogen) atoms. The zero-order chi connectivity index (χ0) is 14.9. The lowest BCUT2D eigenvalue weighted by molar-refractivity contribution is 0.561. The van der Waals surface area contributed by atoms with E-state index in [1.165, 1.54) is 13.0 Å². The molecule has 1 unspecified atom stereocenters. The normalized spacial score (nSPS) is 12.5. The molecule has 0 aliphatic rings. The lowest BCUT2D eigenvalue weighted by atomic mass is 10.0. The summed E-state index contributed by atoms with van der Waals surface area (Å²) in [5.41, 5.74) is 0.272. The van der Waals surface area contributed by atoms with Crippen molar-refractivity contribution in [3.8, 4) is 0 Å². The average Bonchev–Trinajstić information content (AvgIpc) is 2.37. The molecule has 2 rings (SSSR count). The first kappa shape index (κ1) is 14.9. The van der Waals surface area contributed by atoms with Gasteiger partial charge in [0.2, 0.25) is 0 Å². The molecule has 0 amide bonds. The van der Waals surface area contributed by atoms with Crippen molar-refractivity contribution in [1.29, 1.82) is 0 Å². The molecular formula is C15H11ClF4. The highest BCUT2D eigenvalue weighted by molar-refractivity contribution is 6.20. The van der Waals surface area contributed by atoms with Gasteiger partial charge in [0.25, 0.3) is 0 Å². The van der Waals surface area contributed by atoms with E-state index in [-0.39, 0.29) is 23.1 Å². The van der Waals surface area contributed by atoms with Crippen molar-refractivity contribution in [3.63, 3.8) is 0 Å². The number of aryl methyl sites for hydroxylation is 1. The van der Waals surface area contributed by atoms with Gasteiger partial charge in [0.1, 0.15) is 23.3 Å². The lowest BCUT2D eigenvalue weighted by Crippen LogP contribution is -2.03. The van der Waals surface area contributed by atoms with Gasteiger partial charge in [-0.1, -0.05) is 6.07 Å². The Labute approximate surface area is 119 Å². The third-order valence-electron chi connectivity index (χ3n) is 3.03. The van der Waals surface area contributed by atoms with Crippen LogP contribution >= 0.6 is 11.6 Å². The fraction of sp³-hybridized carbons (Fsp3) is 0.200. The number of rotatable bonds is 3. The molecule has 0 fully saturated rings. The maximum absolute atomic E-state index is 13.7. The molecule has 0 spiro atoms. The topological polar surface area (TPSA) is 0 Å². The summed E-state index contributed by atoms with van der Waals surface area (Å²) in [6.45, 7) is 1.44. The van der Waals surface area contributed by atoms with Crippen LogP contribution in [0, 0.1) is 30.2 Å². The minimum absolute atomic E-state index is 0.0431. The summed E-state index contributed by atoms with van der Waals surface area (Å²) in [4.78, 5) is 0. The van der Waals surface area contributed by atoms with Gasteiger partial charge >= 0.3 is 0 Å². The first-order valence-electron chi connectivity index (χ1n) is 5.92. The van der Waals surface area contributed by atoms with Gasteiger partial charge in [0.05, 0.1) is 5.38 Å². The SMILES string of the molecule is Cc1cc(F)c(C(Cl)Cc2ccc(F)cc2F)cc1F. The van der Waals surface area contributed by atoms with E-state index in [0.29, 0.717) is 0 Å². The van der Waals surface area contributed by atoms with E-state index in [2.05, 4.69) is 0 Å². The van der Waals surface area contributed by atoms with Crippen LogP contribution in [-0.4, -0.2) is 0 Å². The molecule has 0 aromatic heterocycles. The standard InChI is InChI=1S/C15H11ClF4/c1-8-4-15(20)11(7-13(8)18)12(16)5-9-2-3-10(17)6-14(9)19/h2-4,6-7,12H,5H2,1H3. The summed E-state index contributed by atoms with van der Waals surface area (Å²) in [6.07, 6.45) is -0.0624. The van der Waals surface area contributed by atoms with Crippen LogP contribution in [0.5, 0.6) is 0 Å². The minimum atomic E-state index is -0.940. The van der Waals surface area contributed by atoms with Crippen LogP contribution in [0.25, 0.3) is 0 Å². The summed E-state index contributed by atoms with van der Waals surface area (Å²) < 4.78 is 53.5. The second-order valence-corrected chi connectivity index (χ2v) is 5.06. The summed E-state index contributed by atoms with van der Waals surface area (Å²) in [7, 11) is 0. The van der Waals surface area contributed by atoms with Gasteiger partial charge in [0, 0.05) is 11.6 Å². The van der Waals surface area contributed by atoms with Gasteiger partial charge in [-0.15, -0.1) is 11.6 Å². The molecule has 0 heterocycles. The Balaban J connectivity index is 2.28. The second kappa shape index (κ2) is 5.83. The maximum Gasteiger partial charge on any atom is 0.129 e. The molecule has 2 aromatic rings. The molecule has 0 saturated heterocycles. The molecule has 0 radical (unpaired) electrons. The Morgan fingerprint density at radius 3 is 2.30 bits per heavy atom. The Morgan fingerprint density at radius 2 is 1.65 bits per heavy atom. The Hall–Kier alpha value is -1.55. The molecule has 0 N–H and O–H groups in total. The average molecular weight is 303 g/mol. The Morgan fingerprint density at radius 1 is 0.950 bits per heavy atom. The fourth-order valence-electron chi connectivity index (χ4n) is 1.89. The Kier molecular flexibility index (Phi) is 4.33. The molecule has 2 aromatic carbocycles. The quantitative estimate of drug-likeness (QED) is 0.548. The van der Waals surface area contributed by atoms with Gasteiger partial charge in [-0.2, -0.15) is 0 Å². The van der Waals surface area contributed by atoms with Crippen LogP contribution in [0.1, 0.15) is 22.1 Å². The van der Waals surface area contributed by atoms with Gasteiger partial charge in [-0.3, -0.25) is 0 Å². The van der Waals surface area contributed by atoms with Crippen molar-refractivity contribution in [2.45, 2.75) is 18.7 Å². The third kappa shape index (κ3) is 3.12. The van der Waals surface area contributed by atoms with Gasteiger partial charge in [0.15, 0.2) is 0 Å². The molecule has 5 heteroatoms. The molecule has 0 nitrogen and oxygen atoms in total. The zero-order valence-corrected chi connectivity index (χ0v) is 11.3. The summed E-state index contributed by atoms with van der Waals surface area (Å²) in [5, 5.41) is -0.940. The van der Waals surface area contributed by atoms with Crippen LogP contribution in [0.3, 0.4) is 0 Å². The highest BCUT2D eigenvalue weighted by Crippen LogP contribution is 2.29. The third-order valence-corrected chi connectivity index (χ3v) is 3.42. The second-order valence-electron chi connectivity index (χ2n) is 4.53. The predicted octanol–water partition coefficient (Wildman–Crippen LogP) is 5.07. The highest BCUT2D eigenvalue weighted by atomic mass is 35.5. The minimum Gasteiger partial charge on any atom is -0.207 e. The van der Waals surface area contributed by atoms with E-state index in [9.17, 15) is 17.6 Å². The van der Waals surface area contributed by atoms with Gasteiger partial charge < -0.3 is 0 Å². The number of benzene rings is 2. The van der Waals surface area contributed by atoms with Crippen LogP contribution in [0.4, 0.5) is 17.6 Å². The number of hydrogen-bond acceptors (Lipinski definition) is 0. The van der Waals surface area contributed by atoms with Crippen molar-refractivity contribution in [2.24, 2.45) is 0 Å². The van der Waals surface area contributed by atoms with Gasteiger partial charge in [-0.25, -0.2) is 17.6 Å². The summed E-state index contributed by atoms with van der Waals surface area (Å²) >= 11 is 6.02. The number of halogens is 5. The maximum atomic E-state index is 13.7. The summed E-state index contributed by atoms with van der Waals surface area (Å²) in [5.74, 6) is -2.69. The molecule has 1 atom stereocenters. The molecular weight excluding hydrogens is 292 g/mol. The molecule has 0 aliphatic carbocycles. The molecule has 0 aliphatic heterocycles. The predicted molar refractivity (Wildman–Crippen MR) is 69.8 cm³/mol. The monoisotopic (exact) mass is 302 g/mol. The van der Waals surface area contributed by atoms with E-state index in [1.807, 2.05) is 0 Å². The first-order chi connectivity index (χ1) is 9.38. The van der Waals surface area contributed by atoms with Crippen molar-refractivity contribution in [3.05, 3.63) is 70.3 Å². The first-order valence-corrected chi connectivity index (χ1v) is 6.35. The summed E-state index contributed by atoms with van der Waals surface area (Å²) in [6, 6.07) is 5.10. The molecule has 0 bridgehead atoms. The van der Waals surface area contributed by atoms with E-state index >= 15 is 0 Å². The van der Waals surface area contributed by atoms with E-state index in [4.69, 9.17) is 11.6 Å². The van der Waals surface area contributed by atoms with Crippen LogP contribution in [0.15, 0.2) is 30.3 Å².